The number of nitrogens with one attached hydrogen (secondary N) is 2. The first-order valence-electron chi connectivity index (χ1n) is 14.6. The SMILES string of the molecule is CCN(CC)C(=O)C1CCN(c2ccc(NC(=O)C(CNCCc3ccc(C#N)cc3)c3ccccc3)nc2)CC1. The van der Waals surface area contributed by atoms with Crippen LogP contribution in [0, 0.1) is 17.2 Å². The van der Waals surface area contributed by atoms with Gasteiger partial charge in [0.25, 0.3) is 0 Å². The summed E-state index contributed by atoms with van der Waals surface area (Å²) in [4.78, 5) is 34.8. The molecule has 8 heteroatoms. The normalized spacial score (nSPS) is 14.2. The van der Waals surface area contributed by atoms with Crippen LogP contribution < -0.4 is 15.5 Å². The molecule has 3 aromatic rings. The fourth-order valence-electron chi connectivity index (χ4n) is 5.31. The van der Waals surface area contributed by atoms with Gasteiger partial charge in [-0.2, -0.15) is 5.26 Å². The van der Waals surface area contributed by atoms with Gasteiger partial charge in [0.2, 0.25) is 11.8 Å². The lowest BCUT2D eigenvalue weighted by Gasteiger charge is -2.34. The molecule has 2 aromatic carbocycles. The van der Waals surface area contributed by atoms with Crippen LogP contribution in [0.25, 0.3) is 0 Å². The summed E-state index contributed by atoms with van der Waals surface area (Å²) in [5.74, 6) is 0.385. The lowest BCUT2D eigenvalue weighted by atomic mass is 9.95. The number of pyridine rings is 1. The van der Waals surface area contributed by atoms with E-state index in [9.17, 15) is 9.59 Å². The molecule has 1 unspecified atom stereocenters. The van der Waals surface area contributed by atoms with E-state index in [-0.39, 0.29) is 23.7 Å². The van der Waals surface area contributed by atoms with Crippen LogP contribution in [0.2, 0.25) is 0 Å². The molecule has 0 saturated carbocycles. The number of carbonyl (C=O) groups is 2. The van der Waals surface area contributed by atoms with E-state index in [0.29, 0.717) is 24.5 Å². The van der Waals surface area contributed by atoms with Crippen LogP contribution in [0.1, 0.15) is 49.3 Å². The van der Waals surface area contributed by atoms with Crippen LogP contribution in [0.5, 0.6) is 0 Å². The average molecular weight is 553 g/mol. The van der Waals surface area contributed by atoms with Gasteiger partial charge in [-0.3, -0.25) is 9.59 Å². The van der Waals surface area contributed by atoms with Gasteiger partial charge in [0.1, 0.15) is 5.82 Å². The van der Waals surface area contributed by atoms with Crippen molar-refractivity contribution in [2.45, 2.75) is 39.0 Å². The third-order valence-corrected chi connectivity index (χ3v) is 7.82. The minimum absolute atomic E-state index is 0.0883. The Labute approximate surface area is 243 Å². The minimum Gasteiger partial charge on any atom is -0.370 e. The molecule has 2 N–H and O–H groups in total. The highest BCUT2D eigenvalue weighted by molar-refractivity contribution is 5.95. The van der Waals surface area contributed by atoms with Crippen LogP contribution in [-0.4, -0.2) is 61.0 Å². The zero-order valence-corrected chi connectivity index (χ0v) is 24.1. The van der Waals surface area contributed by atoms with Crippen molar-refractivity contribution in [1.29, 1.82) is 5.26 Å². The molecule has 41 heavy (non-hydrogen) atoms. The molecule has 1 saturated heterocycles. The largest absolute Gasteiger partial charge is 0.370 e. The van der Waals surface area contributed by atoms with Crippen molar-refractivity contribution in [3.63, 3.8) is 0 Å². The highest BCUT2D eigenvalue weighted by Crippen LogP contribution is 2.25. The van der Waals surface area contributed by atoms with Crippen molar-refractivity contribution in [1.82, 2.24) is 15.2 Å². The molecule has 1 aliphatic rings. The summed E-state index contributed by atoms with van der Waals surface area (Å²) >= 11 is 0. The van der Waals surface area contributed by atoms with E-state index >= 15 is 0 Å². The molecule has 0 aliphatic carbocycles. The number of amides is 2. The average Bonchev–Trinajstić information content (AvgIpc) is 3.02. The molecule has 1 fully saturated rings. The molecular weight excluding hydrogens is 512 g/mol. The number of carbonyl (C=O) groups excluding carboxylic acids is 2. The second-order valence-corrected chi connectivity index (χ2v) is 10.4. The predicted molar refractivity (Wildman–Crippen MR) is 163 cm³/mol. The molecule has 1 aliphatic heterocycles. The van der Waals surface area contributed by atoms with Gasteiger partial charge >= 0.3 is 0 Å². The number of hydrogen-bond donors (Lipinski definition) is 2. The number of aromatic nitrogens is 1. The Morgan fingerprint density at radius 3 is 2.34 bits per heavy atom. The Hall–Kier alpha value is -4.22. The maximum atomic E-state index is 13.4. The molecule has 2 amide bonds. The molecule has 0 radical (unpaired) electrons. The minimum atomic E-state index is -0.374. The summed E-state index contributed by atoms with van der Waals surface area (Å²) in [6.07, 6.45) is 4.28. The zero-order chi connectivity index (χ0) is 29.0. The predicted octanol–water partition coefficient (Wildman–Crippen LogP) is 4.59. The number of anilines is 2. The molecule has 0 spiro atoms. The summed E-state index contributed by atoms with van der Waals surface area (Å²) < 4.78 is 0. The Bertz CT molecular complexity index is 1290. The van der Waals surface area contributed by atoms with Crippen LogP contribution in [0.15, 0.2) is 72.9 Å². The summed E-state index contributed by atoms with van der Waals surface area (Å²) in [7, 11) is 0. The second kappa shape index (κ2) is 15.0. The monoisotopic (exact) mass is 552 g/mol. The highest BCUT2D eigenvalue weighted by Gasteiger charge is 2.28. The summed E-state index contributed by atoms with van der Waals surface area (Å²) in [6.45, 7) is 8.41. The summed E-state index contributed by atoms with van der Waals surface area (Å²) in [5, 5.41) is 15.4. The molecule has 1 atom stereocenters. The van der Waals surface area contributed by atoms with Gasteiger partial charge in [-0.15, -0.1) is 0 Å². The summed E-state index contributed by atoms with van der Waals surface area (Å²) in [5.41, 5.74) is 3.73. The van der Waals surface area contributed by atoms with E-state index in [1.165, 1.54) is 0 Å². The van der Waals surface area contributed by atoms with Gasteiger partial charge in [-0.25, -0.2) is 4.98 Å². The molecule has 1 aromatic heterocycles. The Morgan fingerprint density at radius 2 is 1.73 bits per heavy atom. The maximum absolute atomic E-state index is 13.4. The van der Waals surface area contributed by atoms with Crippen LogP contribution in [0.4, 0.5) is 11.5 Å². The number of benzene rings is 2. The van der Waals surface area contributed by atoms with Crippen LogP contribution in [0.3, 0.4) is 0 Å². The standard InChI is InChI=1S/C33H40N6O2/c1-3-38(4-2)33(41)28-17-20-39(21-18-28)29-14-15-31(36-23-29)37-32(40)30(27-8-6-5-7-9-27)24-35-19-16-25-10-12-26(22-34)13-11-25/h5-15,23,28,30,35H,3-4,16-21,24H2,1-2H3,(H,36,37,40). The Morgan fingerprint density at radius 1 is 1.02 bits per heavy atom. The zero-order valence-electron chi connectivity index (χ0n) is 24.1. The van der Waals surface area contributed by atoms with Crippen LogP contribution >= 0.6 is 0 Å². The third kappa shape index (κ3) is 8.15. The van der Waals surface area contributed by atoms with Crippen molar-refractivity contribution in [3.8, 4) is 6.07 Å². The van der Waals surface area contributed by atoms with Gasteiger partial charge < -0.3 is 20.4 Å². The Balaban J connectivity index is 1.31. The molecule has 0 bridgehead atoms. The number of piperidine rings is 1. The second-order valence-electron chi connectivity index (χ2n) is 10.4. The van der Waals surface area contributed by atoms with Crippen molar-refractivity contribution in [3.05, 3.63) is 89.6 Å². The molecule has 214 valence electrons. The first kappa shape index (κ1) is 29.8. The molecule has 8 nitrogen and oxygen atoms in total. The van der Waals surface area contributed by atoms with E-state index in [1.54, 1.807) is 6.20 Å². The van der Waals surface area contributed by atoms with E-state index < -0.39 is 0 Å². The van der Waals surface area contributed by atoms with Crippen molar-refractivity contribution < 1.29 is 9.59 Å². The number of nitrogens with zero attached hydrogens (tertiary/aromatic N) is 4. The third-order valence-electron chi connectivity index (χ3n) is 7.82. The lowest BCUT2D eigenvalue weighted by Crippen LogP contribution is -2.42. The van der Waals surface area contributed by atoms with Crippen molar-refractivity contribution >= 4 is 23.3 Å². The fraction of sp³-hybridized carbons (Fsp3) is 0.394. The first-order valence-corrected chi connectivity index (χ1v) is 14.6. The molecular formula is C33H40N6O2. The van der Waals surface area contributed by atoms with Crippen molar-refractivity contribution in [2.75, 3.05) is 49.5 Å². The van der Waals surface area contributed by atoms with Gasteiger partial charge in [0.15, 0.2) is 0 Å². The number of hydrogen-bond acceptors (Lipinski definition) is 6. The first-order chi connectivity index (χ1) is 20.0. The van der Waals surface area contributed by atoms with Gasteiger partial charge in [-0.05, 0) is 75.0 Å². The van der Waals surface area contributed by atoms with Gasteiger partial charge in [0, 0.05) is 38.6 Å². The summed E-state index contributed by atoms with van der Waals surface area (Å²) in [6, 6.07) is 23.3. The smallest absolute Gasteiger partial charge is 0.234 e. The fourth-order valence-corrected chi connectivity index (χ4v) is 5.31. The van der Waals surface area contributed by atoms with Crippen LogP contribution in [-0.2, 0) is 16.0 Å². The van der Waals surface area contributed by atoms with Crippen molar-refractivity contribution in [2.24, 2.45) is 5.92 Å². The highest BCUT2D eigenvalue weighted by atomic mass is 16.2. The maximum Gasteiger partial charge on any atom is 0.234 e. The molecule has 2 heterocycles. The number of rotatable bonds is 12. The molecule has 4 rings (SSSR count). The number of nitriles is 1. The Kier molecular flexibility index (Phi) is 10.9. The topological polar surface area (TPSA) is 101 Å². The van der Waals surface area contributed by atoms with E-state index in [4.69, 9.17) is 5.26 Å². The van der Waals surface area contributed by atoms with Gasteiger partial charge in [0.05, 0.1) is 29.4 Å². The van der Waals surface area contributed by atoms with E-state index in [0.717, 1.165) is 62.3 Å². The van der Waals surface area contributed by atoms with Gasteiger partial charge in [-0.1, -0.05) is 42.5 Å². The quantitative estimate of drug-likeness (QED) is 0.319. The lowest BCUT2D eigenvalue weighted by molar-refractivity contribution is -0.135. The van der Waals surface area contributed by atoms with E-state index in [2.05, 4.69) is 26.6 Å². The van der Waals surface area contributed by atoms with E-state index in [1.807, 2.05) is 85.5 Å².